The molecule has 0 atom stereocenters. The van der Waals surface area contributed by atoms with Gasteiger partial charge < -0.3 is 34.9 Å². The Morgan fingerprint density at radius 3 is 2.57 bits per heavy atom. The van der Waals surface area contributed by atoms with E-state index in [2.05, 4.69) is 25.5 Å². The molecule has 0 aliphatic heterocycles. The minimum atomic E-state index is -4.53. The number of rotatable bonds is 11. The predicted molar refractivity (Wildman–Crippen MR) is 127 cm³/mol. The van der Waals surface area contributed by atoms with Gasteiger partial charge in [0, 0.05) is 30.4 Å². The molecular formula is C22H25N4O8P. The molecule has 13 heteroatoms. The van der Waals surface area contributed by atoms with E-state index in [0.717, 1.165) is 5.56 Å². The van der Waals surface area contributed by atoms with E-state index >= 15 is 0 Å². The molecule has 0 aliphatic carbocycles. The quantitative estimate of drug-likeness (QED) is 0.193. The minimum Gasteiger partial charge on any atom is -0.496 e. The van der Waals surface area contributed by atoms with Crippen molar-refractivity contribution in [3.63, 3.8) is 0 Å². The van der Waals surface area contributed by atoms with Gasteiger partial charge in [0.15, 0.2) is 12.2 Å². The van der Waals surface area contributed by atoms with Crippen LogP contribution in [0.15, 0.2) is 59.5 Å². The number of phosphoric ester groups is 1. The van der Waals surface area contributed by atoms with E-state index in [1.807, 2.05) is 0 Å². The van der Waals surface area contributed by atoms with Gasteiger partial charge in [-0.25, -0.2) is 14.3 Å². The van der Waals surface area contributed by atoms with Crippen LogP contribution >= 0.6 is 7.82 Å². The zero-order valence-corrected chi connectivity index (χ0v) is 19.7. The second-order valence-electron chi connectivity index (χ2n) is 7.26. The summed E-state index contributed by atoms with van der Waals surface area (Å²) in [6.45, 7) is -0.00348. The van der Waals surface area contributed by atoms with Crippen molar-refractivity contribution >= 4 is 31.1 Å². The van der Waals surface area contributed by atoms with Crippen molar-refractivity contribution in [1.82, 2.24) is 10.3 Å². The number of nitrogens with one attached hydrogen (secondary N) is 3. The molecule has 0 fully saturated rings. The number of phosphoric acid groups is 1. The SMILES string of the molecule is COc1cc(NC(=O)Nc2cccc(CNC(=O)CCCOP(=O)(O)O)c2)ccc1-c1cnco1. The molecule has 0 saturated carbocycles. The average Bonchev–Trinajstić information content (AvgIpc) is 3.35. The van der Waals surface area contributed by atoms with Crippen LogP contribution in [-0.2, 0) is 20.4 Å². The number of benzene rings is 2. The third kappa shape index (κ3) is 8.54. The van der Waals surface area contributed by atoms with Crippen molar-refractivity contribution in [2.75, 3.05) is 24.4 Å². The first-order valence-electron chi connectivity index (χ1n) is 10.4. The number of aromatic nitrogens is 1. The topological polar surface area (TPSA) is 172 Å². The second kappa shape index (κ2) is 12.1. The fourth-order valence-corrected chi connectivity index (χ4v) is 3.45. The van der Waals surface area contributed by atoms with Gasteiger partial charge in [-0.3, -0.25) is 9.32 Å². The summed E-state index contributed by atoms with van der Waals surface area (Å²) in [6.07, 6.45) is 3.11. The maximum atomic E-state index is 12.5. The molecular weight excluding hydrogens is 479 g/mol. The summed E-state index contributed by atoms with van der Waals surface area (Å²) in [5, 5.41) is 8.17. The van der Waals surface area contributed by atoms with E-state index in [1.54, 1.807) is 48.7 Å². The molecule has 12 nitrogen and oxygen atoms in total. The Morgan fingerprint density at radius 1 is 1.11 bits per heavy atom. The number of methoxy groups -OCH3 is 1. The van der Waals surface area contributed by atoms with E-state index in [1.165, 1.54) is 13.5 Å². The lowest BCUT2D eigenvalue weighted by atomic mass is 10.1. The second-order valence-corrected chi connectivity index (χ2v) is 8.50. The molecule has 0 saturated heterocycles. The van der Waals surface area contributed by atoms with Gasteiger partial charge in [0.2, 0.25) is 5.91 Å². The molecule has 0 spiro atoms. The van der Waals surface area contributed by atoms with Crippen molar-refractivity contribution < 1.29 is 37.6 Å². The van der Waals surface area contributed by atoms with Crippen LogP contribution in [0.1, 0.15) is 18.4 Å². The summed E-state index contributed by atoms with van der Waals surface area (Å²) in [4.78, 5) is 45.5. The Kier molecular flexibility index (Phi) is 8.98. The number of carbonyl (C=O) groups excluding carboxylic acids is 2. The highest BCUT2D eigenvalue weighted by Gasteiger charge is 2.14. The predicted octanol–water partition coefficient (Wildman–Crippen LogP) is 3.50. The lowest BCUT2D eigenvalue weighted by Gasteiger charge is -2.12. The number of carbonyl (C=O) groups is 2. The Bertz CT molecular complexity index is 1200. The first-order chi connectivity index (χ1) is 16.7. The van der Waals surface area contributed by atoms with E-state index in [-0.39, 0.29) is 31.9 Å². The van der Waals surface area contributed by atoms with Gasteiger partial charge in [0.25, 0.3) is 0 Å². The van der Waals surface area contributed by atoms with E-state index in [0.29, 0.717) is 28.4 Å². The maximum Gasteiger partial charge on any atom is 0.469 e. The van der Waals surface area contributed by atoms with Crippen LogP contribution in [-0.4, -0.2) is 40.4 Å². The molecule has 0 radical (unpaired) electrons. The minimum absolute atomic E-state index is 0.0546. The van der Waals surface area contributed by atoms with Crippen LogP contribution in [0.2, 0.25) is 0 Å². The van der Waals surface area contributed by atoms with Crippen molar-refractivity contribution in [3.05, 3.63) is 60.6 Å². The number of ether oxygens (including phenoxy) is 1. The number of hydrogen-bond acceptors (Lipinski definition) is 7. The normalized spacial score (nSPS) is 11.1. The molecule has 186 valence electrons. The molecule has 0 bridgehead atoms. The van der Waals surface area contributed by atoms with Gasteiger partial charge in [-0.05, 0) is 36.2 Å². The Labute approximate surface area is 200 Å². The van der Waals surface area contributed by atoms with Crippen LogP contribution in [0.5, 0.6) is 5.75 Å². The van der Waals surface area contributed by atoms with Gasteiger partial charge >= 0.3 is 13.9 Å². The molecule has 35 heavy (non-hydrogen) atoms. The summed E-state index contributed by atoms with van der Waals surface area (Å²) >= 11 is 0. The molecule has 3 aromatic rings. The highest BCUT2D eigenvalue weighted by molar-refractivity contribution is 7.46. The number of hydrogen-bond donors (Lipinski definition) is 5. The molecule has 0 aliphatic rings. The highest BCUT2D eigenvalue weighted by atomic mass is 31.2. The van der Waals surface area contributed by atoms with Crippen LogP contribution < -0.4 is 20.7 Å². The third-order valence-corrected chi connectivity index (χ3v) is 5.16. The molecule has 3 amide bonds. The maximum absolute atomic E-state index is 12.5. The van der Waals surface area contributed by atoms with Gasteiger partial charge in [0.05, 0.1) is 25.5 Å². The van der Waals surface area contributed by atoms with Crippen LogP contribution in [0.3, 0.4) is 0 Å². The lowest BCUT2D eigenvalue weighted by molar-refractivity contribution is -0.121. The number of oxazole rings is 1. The van der Waals surface area contributed by atoms with Crippen molar-refractivity contribution in [2.24, 2.45) is 0 Å². The first-order valence-corrected chi connectivity index (χ1v) is 12.0. The largest absolute Gasteiger partial charge is 0.496 e. The van der Waals surface area contributed by atoms with Gasteiger partial charge in [-0.2, -0.15) is 0 Å². The first kappa shape index (κ1) is 25.9. The standard InChI is InChI=1S/C22H25N4O8P/c1-32-19-11-17(7-8-18(19)20-13-23-14-33-20)26-22(28)25-16-5-2-4-15(10-16)12-24-21(27)6-3-9-34-35(29,30)31/h2,4-5,7-8,10-11,13-14H,3,6,9,12H2,1H3,(H,24,27)(H2,25,26,28)(H2,29,30,31). The molecule has 5 N–H and O–H groups in total. The number of anilines is 2. The van der Waals surface area contributed by atoms with Crippen molar-refractivity contribution in [2.45, 2.75) is 19.4 Å². The number of nitrogens with zero attached hydrogens (tertiary/aromatic N) is 1. The Hall–Kier alpha value is -3.70. The van der Waals surface area contributed by atoms with Gasteiger partial charge in [-0.15, -0.1) is 0 Å². The Balaban J connectivity index is 1.50. The molecule has 0 unspecified atom stereocenters. The van der Waals surface area contributed by atoms with Gasteiger partial charge in [-0.1, -0.05) is 12.1 Å². The molecule has 2 aromatic carbocycles. The van der Waals surface area contributed by atoms with Gasteiger partial charge in [0.1, 0.15) is 5.75 Å². The lowest BCUT2D eigenvalue weighted by Crippen LogP contribution is -2.23. The number of amides is 3. The molecule has 3 rings (SSSR count). The van der Waals surface area contributed by atoms with E-state index < -0.39 is 13.9 Å². The van der Waals surface area contributed by atoms with E-state index in [4.69, 9.17) is 18.9 Å². The molecule has 1 aromatic heterocycles. The highest BCUT2D eigenvalue weighted by Crippen LogP contribution is 2.35. The summed E-state index contributed by atoms with van der Waals surface area (Å²) in [5.74, 6) is 0.750. The summed E-state index contributed by atoms with van der Waals surface area (Å²) in [6, 6.07) is 11.6. The fraction of sp³-hybridized carbons (Fsp3) is 0.227. The zero-order chi connectivity index (χ0) is 25.3. The third-order valence-electron chi connectivity index (χ3n) is 4.64. The van der Waals surface area contributed by atoms with Crippen molar-refractivity contribution in [3.8, 4) is 17.1 Å². The monoisotopic (exact) mass is 504 g/mol. The van der Waals surface area contributed by atoms with Crippen LogP contribution in [0.4, 0.5) is 16.2 Å². The summed E-state index contributed by atoms with van der Waals surface area (Å²) in [5.41, 5.74) is 2.48. The van der Waals surface area contributed by atoms with Crippen molar-refractivity contribution in [1.29, 1.82) is 0 Å². The van der Waals surface area contributed by atoms with Crippen LogP contribution in [0.25, 0.3) is 11.3 Å². The fourth-order valence-electron chi connectivity index (χ4n) is 3.08. The van der Waals surface area contributed by atoms with Crippen LogP contribution in [0, 0.1) is 0 Å². The summed E-state index contributed by atoms with van der Waals surface area (Å²) in [7, 11) is -3.02. The van der Waals surface area contributed by atoms with E-state index in [9.17, 15) is 14.2 Å². The number of urea groups is 1. The smallest absolute Gasteiger partial charge is 0.469 e. The Morgan fingerprint density at radius 2 is 1.89 bits per heavy atom. The molecule has 1 heterocycles. The average molecular weight is 504 g/mol. The zero-order valence-electron chi connectivity index (χ0n) is 18.8. The summed E-state index contributed by atoms with van der Waals surface area (Å²) < 4.78 is 25.6.